The van der Waals surface area contributed by atoms with Gasteiger partial charge < -0.3 is 15.4 Å². The average Bonchev–Trinajstić information content (AvgIpc) is 3.07. The van der Waals surface area contributed by atoms with Crippen molar-refractivity contribution in [2.24, 2.45) is 4.99 Å². The largest absolute Gasteiger partial charge is 0.484 e. The van der Waals surface area contributed by atoms with Gasteiger partial charge in [-0.25, -0.2) is 0 Å². The van der Waals surface area contributed by atoms with Gasteiger partial charge in [0.2, 0.25) is 0 Å². The molecule has 0 aromatic heterocycles. The lowest BCUT2D eigenvalue weighted by molar-refractivity contribution is -0.153. The Morgan fingerprint density at radius 2 is 2.04 bits per heavy atom. The molecular formula is C18H28F3IN4O. The molecule has 0 aliphatic carbocycles. The number of hydrogen-bond acceptors (Lipinski definition) is 3. The van der Waals surface area contributed by atoms with E-state index >= 15 is 0 Å². The minimum atomic E-state index is -4.36. The van der Waals surface area contributed by atoms with Gasteiger partial charge in [0, 0.05) is 31.7 Å². The Morgan fingerprint density at radius 1 is 1.30 bits per heavy atom. The molecule has 154 valence electrons. The summed E-state index contributed by atoms with van der Waals surface area (Å²) >= 11 is 0. The second-order valence-corrected chi connectivity index (χ2v) is 6.24. The topological polar surface area (TPSA) is 48.9 Å². The van der Waals surface area contributed by atoms with Crippen LogP contribution in [0, 0.1) is 0 Å². The number of hydrogen-bond donors (Lipinski definition) is 2. The Morgan fingerprint density at radius 3 is 2.70 bits per heavy atom. The van der Waals surface area contributed by atoms with Crippen LogP contribution >= 0.6 is 24.0 Å². The number of alkyl halides is 3. The summed E-state index contributed by atoms with van der Waals surface area (Å²) in [6.07, 6.45) is -1.99. The van der Waals surface area contributed by atoms with Crippen LogP contribution in [0.3, 0.4) is 0 Å². The Hall–Kier alpha value is -1.23. The molecule has 1 aromatic carbocycles. The van der Waals surface area contributed by atoms with Crippen LogP contribution in [-0.2, 0) is 6.54 Å². The van der Waals surface area contributed by atoms with Crippen LogP contribution < -0.4 is 15.4 Å². The summed E-state index contributed by atoms with van der Waals surface area (Å²) in [5, 5.41) is 6.44. The summed E-state index contributed by atoms with van der Waals surface area (Å²) in [6.45, 7) is 4.13. The van der Waals surface area contributed by atoms with E-state index in [-0.39, 0.29) is 29.7 Å². The highest BCUT2D eigenvalue weighted by atomic mass is 127. The van der Waals surface area contributed by atoms with Gasteiger partial charge in [0.15, 0.2) is 12.6 Å². The number of nitrogens with one attached hydrogen (secondary N) is 2. The predicted octanol–water partition coefficient (Wildman–Crippen LogP) is 3.40. The minimum absolute atomic E-state index is 0. The minimum Gasteiger partial charge on any atom is -0.484 e. The van der Waals surface area contributed by atoms with Crippen molar-refractivity contribution in [3.05, 3.63) is 29.8 Å². The molecule has 0 saturated carbocycles. The van der Waals surface area contributed by atoms with E-state index in [2.05, 4.69) is 27.4 Å². The normalized spacial score (nSPS) is 18.1. The van der Waals surface area contributed by atoms with E-state index in [0.717, 1.165) is 26.1 Å². The van der Waals surface area contributed by atoms with Crippen molar-refractivity contribution < 1.29 is 17.9 Å². The number of guanidine groups is 1. The third kappa shape index (κ3) is 8.12. The van der Waals surface area contributed by atoms with Crippen molar-refractivity contribution in [2.45, 2.75) is 38.5 Å². The predicted molar refractivity (Wildman–Crippen MR) is 112 cm³/mol. The Kier molecular flexibility index (Phi) is 10.2. The number of halogens is 4. The molecule has 1 saturated heterocycles. The van der Waals surface area contributed by atoms with Crippen LogP contribution in [0.2, 0.25) is 0 Å². The molecule has 1 heterocycles. The average molecular weight is 500 g/mol. The number of likely N-dealkylation sites (N-methyl/N-ethyl adjacent to an activating group) is 1. The van der Waals surface area contributed by atoms with Crippen LogP contribution in [0.5, 0.6) is 5.75 Å². The molecule has 1 aliphatic rings. The fraction of sp³-hybridized carbons (Fsp3) is 0.611. The van der Waals surface area contributed by atoms with Gasteiger partial charge in [0.05, 0.1) is 0 Å². The van der Waals surface area contributed by atoms with Crippen LogP contribution in [0.1, 0.15) is 25.3 Å². The molecule has 1 atom stereocenters. The fourth-order valence-electron chi connectivity index (χ4n) is 3.11. The smallest absolute Gasteiger partial charge is 0.422 e. The lowest BCUT2D eigenvalue weighted by Crippen LogP contribution is -2.44. The summed E-state index contributed by atoms with van der Waals surface area (Å²) in [5.41, 5.74) is 0.649. The molecule has 1 unspecified atom stereocenters. The molecule has 0 bridgehead atoms. The SMILES string of the molecule is CCN1CCCC1CNC(=NC)NCc1ccccc1OCC(F)(F)F.I. The van der Waals surface area contributed by atoms with Crippen molar-refractivity contribution >= 4 is 29.9 Å². The van der Waals surface area contributed by atoms with Gasteiger partial charge >= 0.3 is 6.18 Å². The maximum atomic E-state index is 12.4. The molecule has 0 amide bonds. The molecule has 0 spiro atoms. The van der Waals surface area contributed by atoms with Crippen molar-refractivity contribution in [1.29, 1.82) is 0 Å². The number of ether oxygens (including phenoxy) is 1. The van der Waals surface area contributed by atoms with E-state index in [9.17, 15) is 13.2 Å². The lowest BCUT2D eigenvalue weighted by atomic mass is 10.2. The van der Waals surface area contributed by atoms with Gasteiger partial charge in [0.1, 0.15) is 5.75 Å². The van der Waals surface area contributed by atoms with Crippen LogP contribution in [0.25, 0.3) is 0 Å². The third-order valence-corrected chi connectivity index (χ3v) is 4.44. The van der Waals surface area contributed by atoms with E-state index < -0.39 is 12.8 Å². The number of likely N-dealkylation sites (tertiary alicyclic amines) is 1. The standard InChI is InChI=1S/C18H27F3N4O.HI/c1-3-25-10-6-8-15(25)12-24-17(22-2)23-11-14-7-4-5-9-16(14)26-13-18(19,20)21;/h4-5,7,9,15H,3,6,8,10-13H2,1-2H3,(H2,22,23,24);1H. The molecule has 9 heteroatoms. The molecule has 27 heavy (non-hydrogen) atoms. The lowest BCUT2D eigenvalue weighted by Gasteiger charge is -2.24. The highest BCUT2D eigenvalue weighted by Gasteiger charge is 2.28. The maximum absolute atomic E-state index is 12.4. The fourth-order valence-corrected chi connectivity index (χ4v) is 3.11. The van der Waals surface area contributed by atoms with E-state index in [0.29, 0.717) is 24.1 Å². The van der Waals surface area contributed by atoms with Crippen molar-refractivity contribution in [3.8, 4) is 5.75 Å². The summed E-state index contributed by atoms with van der Waals surface area (Å²) in [4.78, 5) is 6.62. The first kappa shape index (κ1) is 23.8. The second kappa shape index (κ2) is 11.6. The zero-order valence-electron chi connectivity index (χ0n) is 15.7. The van der Waals surface area contributed by atoms with Crippen molar-refractivity contribution in [3.63, 3.8) is 0 Å². The van der Waals surface area contributed by atoms with Crippen molar-refractivity contribution in [1.82, 2.24) is 15.5 Å². The number of nitrogens with zero attached hydrogens (tertiary/aromatic N) is 2. The first-order valence-corrected chi connectivity index (χ1v) is 8.89. The molecular weight excluding hydrogens is 472 g/mol. The first-order valence-electron chi connectivity index (χ1n) is 8.89. The molecule has 2 N–H and O–H groups in total. The Labute approximate surface area is 175 Å². The molecule has 1 aliphatic heterocycles. The Bertz CT molecular complexity index is 598. The number of para-hydroxylation sites is 1. The molecule has 2 rings (SSSR count). The monoisotopic (exact) mass is 500 g/mol. The second-order valence-electron chi connectivity index (χ2n) is 6.24. The van der Waals surface area contributed by atoms with Crippen LogP contribution in [0.4, 0.5) is 13.2 Å². The molecule has 0 radical (unpaired) electrons. The Balaban J connectivity index is 0.00000364. The zero-order chi connectivity index (χ0) is 19.0. The zero-order valence-corrected chi connectivity index (χ0v) is 18.0. The maximum Gasteiger partial charge on any atom is 0.422 e. The van der Waals surface area contributed by atoms with Crippen LogP contribution in [-0.4, -0.2) is 56.4 Å². The van der Waals surface area contributed by atoms with Crippen LogP contribution in [0.15, 0.2) is 29.3 Å². The van der Waals surface area contributed by atoms with Gasteiger partial charge in [-0.15, -0.1) is 24.0 Å². The van der Waals surface area contributed by atoms with E-state index in [1.165, 1.54) is 12.5 Å². The first-order chi connectivity index (χ1) is 12.4. The highest BCUT2D eigenvalue weighted by Crippen LogP contribution is 2.22. The van der Waals surface area contributed by atoms with E-state index in [4.69, 9.17) is 4.74 Å². The van der Waals surface area contributed by atoms with Gasteiger partial charge in [-0.05, 0) is 32.0 Å². The van der Waals surface area contributed by atoms with Gasteiger partial charge in [-0.1, -0.05) is 25.1 Å². The molecule has 1 aromatic rings. The summed E-state index contributed by atoms with van der Waals surface area (Å²) in [7, 11) is 1.67. The number of aliphatic imine (C=N–C) groups is 1. The summed E-state index contributed by atoms with van der Waals surface area (Å²) in [6, 6.07) is 7.19. The molecule has 1 fully saturated rings. The van der Waals surface area contributed by atoms with Gasteiger partial charge in [-0.3, -0.25) is 9.89 Å². The van der Waals surface area contributed by atoms with Gasteiger partial charge in [0.25, 0.3) is 0 Å². The van der Waals surface area contributed by atoms with Crippen molar-refractivity contribution in [2.75, 3.05) is 33.3 Å². The number of rotatable bonds is 7. The highest BCUT2D eigenvalue weighted by molar-refractivity contribution is 14.0. The quantitative estimate of drug-likeness (QED) is 0.343. The van der Waals surface area contributed by atoms with Gasteiger partial charge in [-0.2, -0.15) is 13.2 Å². The summed E-state index contributed by atoms with van der Waals surface area (Å²) < 4.78 is 42.0. The van der Waals surface area contributed by atoms with E-state index in [1.54, 1.807) is 25.2 Å². The summed E-state index contributed by atoms with van der Waals surface area (Å²) in [5.74, 6) is 0.847. The number of benzene rings is 1. The third-order valence-electron chi connectivity index (χ3n) is 4.44. The van der Waals surface area contributed by atoms with E-state index in [1.807, 2.05) is 0 Å². The molecule has 5 nitrogen and oxygen atoms in total.